The van der Waals surface area contributed by atoms with Crippen molar-refractivity contribution in [2.24, 2.45) is 0 Å². The minimum atomic E-state index is 0.847. The molecule has 0 bridgehead atoms. The van der Waals surface area contributed by atoms with Gasteiger partial charge in [0.15, 0.2) is 0 Å². The fraction of sp³-hybridized carbons (Fsp3) is 0.357. The molecule has 0 fully saturated rings. The highest BCUT2D eigenvalue weighted by Gasteiger charge is 2.13. The Morgan fingerprint density at radius 1 is 1.28 bits per heavy atom. The van der Waals surface area contributed by atoms with Crippen molar-refractivity contribution in [3.63, 3.8) is 0 Å². The molecule has 0 aliphatic heterocycles. The number of benzene rings is 1. The van der Waals surface area contributed by atoms with Crippen LogP contribution in [0.25, 0.3) is 0 Å². The van der Waals surface area contributed by atoms with Crippen LogP contribution >= 0.6 is 15.9 Å². The van der Waals surface area contributed by atoms with Crippen LogP contribution in [-0.2, 0) is 13.1 Å². The summed E-state index contributed by atoms with van der Waals surface area (Å²) in [7, 11) is 2.10. The van der Waals surface area contributed by atoms with Gasteiger partial charge in [-0.3, -0.25) is 4.68 Å². The monoisotopic (exact) mass is 307 g/mol. The lowest BCUT2D eigenvalue weighted by Gasteiger charge is -2.20. The van der Waals surface area contributed by atoms with Crippen LogP contribution in [0.5, 0.6) is 0 Å². The zero-order valence-electron chi connectivity index (χ0n) is 11.0. The smallest absolute Gasteiger partial charge is 0.0739 e. The molecular formula is C14H18BrN3. The first-order chi connectivity index (χ1) is 8.63. The van der Waals surface area contributed by atoms with Crippen LogP contribution in [0.3, 0.4) is 0 Å². The quantitative estimate of drug-likeness (QED) is 0.860. The highest BCUT2D eigenvalue weighted by molar-refractivity contribution is 9.10. The van der Waals surface area contributed by atoms with E-state index in [4.69, 9.17) is 0 Å². The lowest BCUT2D eigenvalue weighted by Crippen LogP contribution is -2.19. The molecule has 0 aliphatic rings. The first-order valence-corrected chi connectivity index (χ1v) is 6.90. The van der Waals surface area contributed by atoms with Gasteiger partial charge in [-0.1, -0.05) is 18.2 Å². The van der Waals surface area contributed by atoms with Gasteiger partial charge in [-0.05, 0) is 41.9 Å². The summed E-state index contributed by atoms with van der Waals surface area (Å²) < 4.78 is 3.17. The van der Waals surface area contributed by atoms with E-state index in [1.54, 1.807) is 0 Å². The first kappa shape index (κ1) is 13.1. The summed E-state index contributed by atoms with van der Waals surface area (Å²) >= 11 is 3.63. The second kappa shape index (κ2) is 5.57. The van der Waals surface area contributed by atoms with Gasteiger partial charge in [0.05, 0.1) is 22.4 Å². The molecular weight excluding hydrogens is 290 g/mol. The Hall–Kier alpha value is -1.29. The van der Waals surface area contributed by atoms with Crippen molar-refractivity contribution in [2.45, 2.75) is 26.9 Å². The third-order valence-corrected chi connectivity index (χ3v) is 4.07. The van der Waals surface area contributed by atoms with Crippen molar-refractivity contribution in [3.05, 3.63) is 46.2 Å². The zero-order valence-corrected chi connectivity index (χ0v) is 12.6. The van der Waals surface area contributed by atoms with E-state index in [1.165, 1.54) is 11.4 Å². The lowest BCUT2D eigenvalue weighted by molar-refractivity contribution is 0.612. The zero-order chi connectivity index (χ0) is 13.1. The second-order valence-corrected chi connectivity index (χ2v) is 5.15. The number of halogens is 1. The molecule has 4 heteroatoms. The van der Waals surface area contributed by atoms with E-state index >= 15 is 0 Å². The normalized spacial score (nSPS) is 10.7. The van der Waals surface area contributed by atoms with Crippen LogP contribution in [0.4, 0.5) is 5.69 Å². The van der Waals surface area contributed by atoms with E-state index in [9.17, 15) is 0 Å². The summed E-state index contributed by atoms with van der Waals surface area (Å²) in [4.78, 5) is 2.23. The second-order valence-electron chi connectivity index (χ2n) is 4.35. The minimum absolute atomic E-state index is 0.847. The minimum Gasteiger partial charge on any atom is -0.369 e. The number of hydrogen-bond acceptors (Lipinski definition) is 2. The number of nitrogens with zero attached hydrogens (tertiary/aromatic N) is 3. The number of para-hydroxylation sites is 1. The molecule has 0 N–H and O–H groups in total. The largest absolute Gasteiger partial charge is 0.369 e. The average Bonchev–Trinajstić information content (AvgIpc) is 2.67. The fourth-order valence-electron chi connectivity index (χ4n) is 2.02. The van der Waals surface area contributed by atoms with E-state index < -0.39 is 0 Å². The van der Waals surface area contributed by atoms with Gasteiger partial charge in [0, 0.05) is 19.3 Å². The standard InChI is InChI=1S/C14H18BrN3/c1-4-18-13(14(15)11(2)16-18)10-17(3)12-8-6-5-7-9-12/h5-9H,4,10H2,1-3H3. The molecule has 0 atom stereocenters. The van der Waals surface area contributed by atoms with Crippen molar-refractivity contribution in [3.8, 4) is 0 Å². The molecule has 0 unspecified atom stereocenters. The van der Waals surface area contributed by atoms with Crippen molar-refractivity contribution in [1.29, 1.82) is 0 Å². The predicted molar refractivity (Wildman–Crippen MR) is 78.9 cm³/mol. The summed E-state index contributed by atoms with van der Waals surface area (Å²) in [5.74, 6) is 0. The Labute approximate surface area is 117 Å². The third-order valence-electron chi connectivity index (χ3n) is 3.04. The molecule has 18 heavy (non-hydrogen) atoms. The molecule has 2 rings (SSSR count). The van der Waals surface area contributed by atoms with E-state index in [0.29, 0.717) is 0 Å². The van der Waals surface area contributed by atoms with Gasteiger partial charge in [0.25, 0.3) is 0 Å². The summed E-state index contributed by atoms with van der Waals surface area (Å²) in [5.41, 5.74) is 3.49. The van der Waals surface area contributed by atoms with Crippen LogP contribution in [0.2, 0.25) is 0 Å². The molecule has 96 valence electrons. The number of aromatic nitrogens is 2. The molecule has 3 nitrogen and oxygen atoms in total. The topological polar surface area (TPSA) is 21.1 Å². The van der Waals surface area contributed by atoms with Gasteiger partial charge in [-0.2, -0.15) is 5.10 Å². The Morgan fingerprint density at radius 3 is 2.56 bits per heavy atom. The van der Waals surface area contributed by atoms with E-state index in [0.717, 1.165) is 23.3 Å². The number of rotatable bonds is 4. The fourth-order valence-corrected chi connectivity index (χ4v) is 2.43. The molecule has 1 aromatic carbocycles. The molecule has 0 aliphatic carbocycles. The van der Waals surface area contributed by atoms with Crippen LogP contribution < -0.4 is 4.90 Å². The Morgan fingerprint density at radius 2 is 1.94 bits per heavy atom. The van der Waals surface area contributed by atoms with Crippen molar-refractivity contribution in [1.82, 2.24) is 9.78 Å². The molecule has 0 spiro atoms. The third kappa shape index (κ3) is 2.58. The Balaban J connectivity index is 2.24. The van der Waals surface area contributed by atoms with Crippen LogP contribution in [0.15, 0.2) is 34.8 Å². The molecule has 2 aromatic rings. The summed E-state index contributed by atoms with van der Waals surface area (Å²) in [6.45, 7) is 5.89. The molecule has 0 radical (unpaired) electrons. The van der Waals surface area contributed by atoms with E-state index in [2.05, 4.69) is 68.8 Å². The summed E-state index contributed by atoms with van der Waals surface area (Å²) in [6, 6.07) is 10.4. The van der Waals surface area contributed by atoms with Gasteiger partial charge in [-0.15, -0.1) is 0 Å². The molecule has 0 saturated carbocycles. The predicted octanol–water partition coefficient (Wildman–Crippen LogP) is 3.61. The summed E-state index contributed by atoms with van der Waals surface area (Å²) in [5, 5.41) is 4.52. The highest BCUT2D eigenvalue weighted by Crippen LogP contribution is 2.24. The van der Waals surface area contributed by atoms with Crippen LogP contribution in [-0.4, -0.2) is 16.8 Å². The number of anilines is 1. The maximum absolute atomic E-state index is 4.52. The number of hydrogen-bond donors (Lipinski definition) is 0. The van der Waals surface area contributed by atoms with Crippen LogP contribution in [0.1, 0.15) is 18.3 Å². The molecule has 0 saturated heterocycles. The van der Waals surface area contributed by atoms with Crippen molar-refractivity contribution in [2.75, 3.05) is 11.9 Å². The maximum atomic E-state index is 4.52. The van der Waals surface area contributed by atoms with Crippen LogP contribution in [0, 0.1) is 6.92 Å². The highest BCUT2D eigenvalue weighted by atomic mass is 79.9. The molecule has 1 aromatic heterocycles. The van der Waals surface area contributed by atoms with Gasteiger partial charge in [0.1, 0.15) is 0 Å². The van der Waals surface area contributed by atoms with Gasteiger partial charge < -0.3 is 4.90 Å². The first-order valence-electron chi connectivity index (χ1n) is 6.11. The Bertz CT molecular complexity index is 519. The number of aryl methyl sites for hydroxylation is 2. The van der Waals surface area contributed by atoms with Crippen molar-refractivity contribution < 1.29 is 0 Å². The lowest BCUT2D eigenvalue weighted by atomic mass is 10.2. The van der Waals surface area contributed by atoms with Gasteiger partial charge >= 0.3 is 0 Å². The van der Waals surface area contributed by atoms with Crippen molar-refractivity contribution >= 4 is 21.6 Å². The average molecular weight is 308 g/mol. The maximum Gasteiger partial charge on any atom is 0.0739 e. The van der Waals surface area contributed by atoms with E-state index in [-0.39, 0.29) is 0 Å². The van der Waals surface area contributed by atoms with Gasteiger partial charge in [0.2, 0.25) is 0 Å². The molecule has 0 amide bonds. The Kier molecular flexibility index (Phi) is 4.07. The summed E-state index contributed by atoms with van der Waals surface area (Å²) in [6.07, 6.45) is 0. The SMILES string of the molecule is CCn1nc(C)c(Br)c1CN(C)c1ccccc1. The molecule has 1 heterocycles. The van der Waals surface area contributed by atoms with E-state index in [1.807, 2.05) is 13.0 Å². The van der Waals surface area contributed by atoms with Gasteiger partial charge in [-0.25, -0.2) is 0 Å².